The number of esters is 1. The topological polar surface area (TPSA) is 87.2 Å². The number of rotatable bonds is 11. The molecule has 1 spiro atoms. The summed E-state index contributed by atoms with van der Waals surface area (Å²) >= 11 is 1.64. The lowest BCUT2D eigenvalue weighted by Crippen LogP contribution is -2.61. The standard InChI is InChI=1S/C29H48N2O5S/c1-10-14-30(28(8,9)17-27(5,6)7)25(34)23-29-13-12-20(37-29)21(26(35)36-11-2)22(29)24(33)31(23)19(16-32)15-18(3)4/h10,18-23,32H,1,11-17H2,2-9H3/t19-,20+,21-,22+,23?,29?/m1/s1. The molecule has 1 N–H and O–H groups in total. The molecule has 3 saturated heterocycles. The van der Waals surface area contributed by atoms with Crippen LogP contribution in [0.3, 0.4) is 0 Å². The highest BCUT2D eigenvalue weighted by Crippen LogP contribution is 2.67. The second kappa shape index (κ2) is 10.9. The summed E-state index contributed by atoms with van der Waals surface area (Å²) in [5, 5.41) is 10.4. The highest BCUT2D eigenvalue weighted by molar-refractivity contribution is 8.02. The molecule has 37 heavy (non-hydrogen) atoms. The minimum absolute atomic E-state index is 0.0178. The molecule has 3 aliphatic heterocycles. The van der Waals surface area contributed by atoms with Crippen LogP contribution in [0.4, 0.5) is 0 Å². The Hall–Kier alpha value is -1.54. The van der Waals surface area contributed by atoms with E-state index in [0.717, 1.165) is 12.8 Å². The average molecular weight is 537 g/mol. The normalized spacial score (nSPS) is 30.0. The molecule has 3 rings (SSSR count). The van der Waals surface area contributed by atoms with Crippen molar-refractivity contribution in [2.75, 3.05) is 19.8 Å². The molecular weight excluding hydrogens is 488 g/mol. The Morgan fingerprint density at radius 2 is 1.95 bits per heavy atom. The first kappa shape index (κ1) is 30.0. The van der Waals surface area contributed by atoms with E-state index >= 15 is 0 Å². The number of thioether (sulfide) groups is 1. The molecule has 3 aliphatic rings. The van der Waals surface area contributed by atoms with Gasteiger partial charge in [0.1, 0.15) is 6.04 Å². The Bertz CT molecular complexity index is 897. The molecule has 0 saturated carbocycles. The first-order valence-corrected chi connectivity index (χ1v) is 14.7. The zero-order valence-electron chi connectivity index (χ0n) is 24.1. The lowest BCUT2D eigenvalue weighted by atomic mass is 9.71. The van der Waals surface area contributed by atoms with E-state index in [2.05, 4.69) is 55.0 Å². The van der Waals surface area contributed by atoms with E-state index in [0.29, 0.717) is 19.4 Å². The molecule has 2 amide bonds. The predicted molar refractivity (Wildman–Crippen MR) is 148 cm³/mol. The third kappa shape index (κ3) is 5.47. The van der Waals surface area contributed by atoms with Gasteiger partial charge < -0.3 is 19.6 Å². The number of nitrogens with zero attached hydrogens (tertiary/aromatic N) is 2. The maximum Gasteiger partial charge on any atom is 0.310 e. The predicted octanol–water partition coefficient (Wildman–Crippen LogP) is 4.28. The number of likely N-dealkylation sites (tertiary alicyclic amines) is 1. The summed E-state index contributed by atoms with van der Waals surface area (Å²) < 4.78 is 4.73. The first-order valence-electron chi connectivity index (χ1n) is 13.8. The van der Waals surface area contributed by atoms with Gasteiger partial charge in [0, 0.05) is 17.3 Å². The number of fused-ring (bicyclic) bond motifs is 1. The van der Waals surface area contributed by atoms with Gasteiger partial charge in [0.2, 0.25) is 11.8 Å². The fourth-order valence-corrected chi connectivity index (χ4v) is 9.58. The van der Waals surface area contributed by atoms with Crippen LogP contribution in [0.5, 0.6) is 0 Å². The number of hydrogen-bond donors (Lipinski definition) is 1. The summed E-state index contributed by atoms with van der Waals surface area (Å²) in [6.45, 7) is 20.9. The van der Waals surface area contributed by atoms with Crippen molar-refractivity contribution in [3.05, 3.63) is 12.7 Å². The second-order valence-corrected chi connectivity index (χ2v) is 14.9. The van der Waals surface area contributed by atoms with Crippen LogP contribution in [0.2, 0.25) is 0 Å². The number of carbonyl (C=O) groups excluding carboxylic acids is 3. The van der Waals surface area contributed by atoms with Gasteiger partial charge in [-0.05, 0) is 57.8 Å². The van der Waals surface area contributed by atoms with Crippen LogP contribution in [-0.2, 0) is 19.1 Å². The molecular formula is C29H48N2O5S. The zero-order chi connectivity index (χ0) is 27.9. The fraction of sp³-hybridized carbons (Fsp3) is 0.828. The Kier molecular flexibility index (Phi) is 8.85. The van der Waals surface area contributed by atoms with Gasteiger partial charge in [-0.3, -0.25) is 14.4 Å². The summed E-state index contributed by atoms with van der Waals surface area (Å²) in [4.78, 5) is 45.6. The highest BCUT2D eigenvalue weighted by atomic mass is 32.2. The van der Waals surface area contributed by atoms with E-state index in [1.165, 1.54) is 0 Å². The molecule has 0 aromatic heterocycles. The van der Waals surface area contributed by atoms with Crippen LogP contribution in [0.1, 0.15) is 81.1 Å². The van der Waals surface area contributed by atoms with Gasteiger partial charge in [-0.1, -0.05) is 40.7 Å². The maximum absolute atomic E-state index is 14.7. The summed E-state index contributed by atoms with van der Waals surface area (Å²) in [7, 11) is 0. The SMILES string of the molecule is C=CCN(C(=O)C1N([C@@H](CO)CC(C)C)C(=O)[C@@H]2[C@H](C(=O)OCC)[C@@H]3CCC12S3)C(C)(C)CC(C)(C)C. The van der Waals surface area contributed by atoms with Gasteiger partial charge in [-0.25, -0.2) is 0 Å². The minimum Gasteiger partial charge on any atom is -0.466 e. The number of ether oxygens (including phenoxy) is 1. The largest absolute Gasteiger partial charge is 0.466 e. The molecule has 8 heteroatoms. The van der Waals surface area contributed by atoms with E-state index in [-0.39, 0.29) is 47.6 Å². The second-order valence-electron chi connectivity index (χ2n) is 13.3. The molecule has 6 atom stereocenters. The summed E-state index contributed by atoms with van der Waals surface area (Å²) in [6, 6.07) is -1.23. The van der Waals surface area contributed by atoms with Gasteiger partial charge in [0.25, 0.3) is 0 Å². The van der Waals surface area contributed by atoms with Crippen LogP contribution < -0.4 is 0 Å². The van der Waals surface area contributed by atoms with E-state index in [1.54, 1.807) is 29.7 Å². The molecule has 0 aromatic rings. The Balaban J connectivity index is 2.13. The highest BCUT2D eigenvalue weighted by Gasteiger charge is 2.75. The number of aliphatic hydroxyl groups excluding tert-OH is 1. The average Bonchev–Trinajstić information content (AvgIpc) is 3.41. The molecule has 3 fully saturated rings. The van der Waals surface area contributed by atoms with Crippen molar-refractivity contribution in [2.45, 2.75) is 109 Å². The quantitative estimate of drug-likeness (QED) is 0.313. The minimum atomic E-state index is -0.741. The summed E-state index contributed by atoms with van der Waals surface area (Å²) in [6.07, 6.45) is 4.57. The van der Waals surface area contributed by atoms with Crippen molar-refractivity contribution in [2.24, 2.45) is 23.2 Å². The summed E-state index contributed by atoms with van der Waals surface area (Å²) in [5.74, 6) is -1.57. The van der Waals surface area contributed by atoms with Crippen LogP contribution in [0, 0.1) is 23.2 Å². The summed E-state index contributed by atoms with van der Waals surface area (Å²) in [5.41, 5.74) is -0.502. The Morgan fingerprint density at radius 3 is 2.46 bits per heavy atom. The van der Waals surface area contributed by atoms with Crippen molar-refractivity contribution in [3.8, 4) is 0 Å². The lowest BCUT2D eigenvalue weighted by molar-refractivity contribution is -0.154. The van der Waals surface area contributed by atoms with Crippen LogP contribution in [-0.4, -0.2) is 80.1 Å². The van der Waals surface area contributed by atoms with E-state index in [1.807, 2.05) is 4.90 Å². The zero-order valence-corrected chi connectivity index (χ0v) is 24.9. The van der Waals surface area contributed by atoms with Crippen LogP contribution in [0.25, 0.3) is 0 Å². The molecule has 2 bridgehead atoms. The number of aliphatic hydroxyl groups is 1. The van der Waals surface area contributed by atoms with Gasteiger partial charge in [0.15, 0.2) is 0 Å². The molecule has 0 radical (unpaired) electrons. The molecule has 7 nitrogen and oxygen atoms in total. The van der Waals surface area contributed by atoms with Crippen molar-refractivity contribution in [1.82, 2.24) is 9.80 Å². The molecule has 2 unspecified atom stereocenters. The van der Waals surface area contributed by atoms with Crippen molar-refractivity contribution in [3.63, 3.8) is 0 Å². The molecule has 0 aliphatic carbocycles. The van der Waals surface area contributed by atoms with E-state index in [4.69, 9.17) is 4.74 Å². The number of carbonyl (C=O) groups is 3. The van der Waals surface area contributed by atoms with Gasteiger partial charge in [0.05, 0.1) is 35.8 Å². The van der Waals surface area contributed by atoms with Gasteiger partial charge in [-0.15, -0.1) is 18.3 Å². The van der Waals surface area contributed by atoms with Crippen LogP contribution in [0.15, 0.2) is 12.7 Å². The van der Waals surface area contributed by atoms with Crippen molar-refractivity contribution < 1.29 is 24.2 Å². The third-order valence-electron chi connectivity index (χ3n) is 8.15. The molecule has 210 valence electrons. The van der Waals surface area contributed by atoms with Crippen molar-refractivity contribution in [1.29, 1.82) is 0 Å². The smallest absolute Gasteiger partial charge is 0.310 e. The first-order chi connectivity index (χ1) is 17.1. The van der Waals surface area contributed by atoms with Crippen LogP contribution >= 0.6 is 11.8 Å². The van der Waals surface area contributed by atoms with Crippen molar-refractivity contribution >= 4 is 29.5 Å². The van der Waals surface area contributed by atoms with E-state index in [9.17, 15) is 19.5 Å². The van der Waals surface area contributed by atoms with Gasteiger partial charge >= 0.3 is 5.97 Å². The number of hydrogen-bond acceptors (Lipinski definition) is 6. The molecule has 3 heterocycles. The van der Waals surface area contributed by atoms with Gasteiger partial charge in [-0.2, -0.15) is 0 Å². The maximum atomic E-state index is 14.7. The lowest BCUT2D eigenvalue weighted by Gasteiger charge is -2.46. The Morgan fingerprint density at radius 1 is 1.30 bits per heavy atom. The number of amides is 2. The third-order valence-corrected chi connectivity index (χ3v) is 10.1. The fourth-order valence-electron chi connectivity index (χ4n) is 7.40. The Labute approximate surface area is 227 Å². The monoisotopic (exact) mass is 536 g/mol. The molecule has 0 aromatic carbocycles. The van der Waals surface area contributed by atoms with E-state index < -0.39 is 34.2 Å².